The van der Waals surface area contributed by atoms with E-state index >= 15 is 0 Å². The molecule has 24 heavy (non-hydrogen) atoms. The van der Waals surface area contributed by atoms with Crippen LogP contribution in [0.2, 0.25) is 5.02 Å². The molecular formula is C17H22ClFN4O. The molecule has 0 radical (unpaired) electrons. The number of nitrogens with zero attached hydrogens (tertiary/aromatic N) is 3. The molecule has 2 aromatic rings. The van der Waals surface area contributed by atoms with E-state index in [0.717, 1.165) is 23.4 Å². The average molecular weight is 353 g/mol. The molecule has 0 aliphatic heterocycles. The third-order valence-corrected chi connectivity index (χ3v) is 4.22. The zero-order chi connectivity index (χ0) is 17.7. The number of aryl methyl sites for hydroxylation is 2. The molecule has 5 nitrogen and oxygen atoms in total. The summed E-state index contributed by atoms with van der Waals surface area (Å²) in [6.07, 6.45) is 0.772. The van der Waals surface area contributed by atoms with Crippen LogP contribution in [-0.2, 0) is 13.0 Å². The van der Waals surface area contributed by atoms with Crippen molar-refractivity contribution >= 4 is 17.6 Å². The summed E-state index contributed by atoms with van der Waals surface area (Å²) < 4.78 is 19.1. The van der Waals surface area contributed by atoms with Crippen molar-refractivity contribution in [1.82, 2.24) is 15.4 Å². The first-order valence-electron chi connectivity index (χ1n) is 7.70. The van der Waals surface area contributed by atoms with Crippen LogP contribution in [0.1, 0.15) is 22.6 Å². The fourth-order valence-electron chi connectivity index (χ4n) is 2.54. The fourth-order valence-corrected chi connectivity index (χ4v) is 2.76. The van der Waals surface area contributed by atoms with Crippen molar-refractivity contribution < 1.29 is 8.91 Å². The van der Waals surface area contributed by atoms with Gasteiger partial charge in [-0.3, -0.25) is 4.99 Å². The van der Waals surface area contributed by atoms with Crippen LogP contribution in [0, 0.1) is 19.7 Å². The standard InChI is InChI=1S/C17H22ClFN4O/c1-11-13(12(2)24-22-11)8-9-21-17(20-3)23(4)10-14-15(18)6-5-7-16(14)19/h5-7H,8-10H2,1-4H3,(H,20,21). The van der Waals surface area contributed by atoms with E-state index in [4.69, 9.17) is 16.1 Å². The maximum atomic E-state index is 13.9. The number of rotatable bonds is 5. The highest BCUT2D eigenvalue weighted by molar-refractivity contribution is 6.31. The number of aromatic nitrogens is 1. The SMILES string of the molecule is CN=C(NCCc1c(C)noc1C)N(C)Cc1c(F)cccc1Cl. The molecular weight excluding hydrogens is 331 g/mol. The number of hydrogen-bond donors (Lipinski definition) is 1. The van der Waals surface area contributed by atoms with Crippen molar-refractivity contribution in [3.8, 4) is 0 Å². The minimum atomic E-state index is -0.319. The topological polar surface area (TPSA) is 53.7 Å². The molecule has 0 aliphatic rings. The molecule has 0 saturated heterocycles. The number of benzene rings is 1. The summed E-state index contributed by atoms with van der Waals surface area (Å²) in [6, 6.07) is 4.68. The van der Waals surface area contributed by atoms with Gasteiger partial charge in [-0.2, -0.15) is 0 Å². The largest absolute Gasteiger partial charge is 0.361 e. The van der Waals surface area contributed by atoms with Crippen LogP contribution in [-0.4, -0.2) is 36.7 Å². The molecule has 1 aromatic heterocycles. The van der Waals surface area contributed by atoms with Gasteiger partial charge in [0.1, 0.15) is 11.6 Å². The molecule has 1 heterocycles. The molecule has 1 aromatic carbocycles. The molecule has 130 valence electrons. The van der Waals surface area contributed by atoms with Crippen molar-refractivity contribution in [2.24, 2.45) is 4.99 Å². The van der Waals surface area contributed by atoms with Gasteiger partial charge in [0.25, 0.3) is 0 Å². The summed E-state index contributed by atoms with van der Waals surface area (Å²) in [5.41, 5.74) is 2.45. The lowest BCUT2D eigenvalue weighted by Crippen LogP contribution is -2.39. The van der Waals surface area contributed by atoms with E-state index < -0.39 is 0 Å². The van der Waals surface area contributed by atoms with Crippen molar-refractivity contribution in [2.75, 3.05) is 20.6 Å². The first-order valence-corrected chi connectivity index (χ1v) is 8.08. The Bertz CT molecular complexity index is 690. The van der Waals surface area contributed by atoms with Crippen molar-refractivity contribution in [3.05, 3.63) is 51.6 Å². The molecule has 7 heteroatoms. The van der Waals surface area contributed by atoms with Gasteiger partial charge in [0.05, 0.1) is 5.69 Å². The minimum absolute atomic E-state index is 0.319. The molecule has 0 atom stereocenters. The smallest absolute Gasteiger partial charge is 0.193 e. The Morgan fingerprint density at radius 3 is 2.71 bits per heavy atom. The fraction of sp³-hybridized carbons (Fsp3) is 0.412. The molecule has 0 spiro atoms. The first kappa shape index (κ1) is 18.3. The zero-order valence-electron chi connectivity index (χ0n) is 14.4. The molecule has 0 aliphatic carbocycles. The normalized spacial score (nSPS) is 11.7. The lowest BCUT2D eigenvalue weighted by atomic mass is 10.1. The first-order chi connectivity index (χ1) is 11.4. The van der Waals surface area contributed by atoms with E-state index in [0.29, 0.717) is 29.6 Å². The summed E-state index contributed by atoms with van der Waals surface area (Å²) in [5, 5.41) is 7.62. The summed E-state index contributed by atoms with van der Waals surface area (Å²) in [6.45, 7) is 4.82. The Balaban J connectivity index is 1.96. The van der Waals surface area contributed by atoms with Gasteiger partial charge in [0.15, 0.2) is 5.96 Å². The van der Waals surface area contributed by atoms with E-state index in [1.54, 1.807) is 19.2 Å². The molecule has 0 unspecified atom stereocenters. The third kappa shape index (κ3) is 4.26. The Morgan fingerprint density at radius 2 is 2.12 bits per heavy atom. The van der Waals surface area contributed by atoms with Gasteiger partial charge in [0.2, 0.25) is 0 Å². The Morgan fingerprint density at radius 1 is 1.38 bits per heavy atom. The van der Waals surface area contributed by atoms with E-state index in [1.807, 2.05) is 25.8 Å². The predicted molar refractivity (Wildman–Crippen MR) is 93.9 cm³/mol. The number of halogens is 2. The van der Waals surface area contributed by atoms with Crippen LogP contribution in [0.4, 0.5) is 4.39 Å². The van der Waals surface area contributed by atoms with E-state index in [9.17, 15) is 4.39 Å². The summed E-state index contributed by atoms with van der Waals surface area (Å²) in [5.74, 6) is 1.18. The second-order valence-corrected chi connectivity index (χ2v) is 5.99. The number of nitrogens with one attached hydrogen (secondary N) is 1. The van der Waals surface area contributed by atoms with Crippen LogP contribution in [0.15, 0.2) is 27.7 Å². The number of aliphatic imine (C=N–C) groups is 1. The second-order valence-electron chi connectivity index (χ2n) is 5.58. The van der Waals surface area contributed by atoms with Gasteiger partial charge in [-0.15, -0.1) is 0 Å². The van der Waals surface area contributed by atoms with Crippen molar-refractivity contribution in [2.45, 2.75) is 26.8 Å². The van der Waals surface area contributed by atoms with Gasteiger partial charge < -0.3 is 14.7 Å². The van der Waals surface area contributed by atoms with Crippen LogP contribution in [0.5, 0.6) is 0 Å². The van der Waals surface area contributed by atoms with Gasteiger partial charge in [-0.25, -0.2) is 4.39 Å². The minimum Gasteiger partial charge on any atom is -0.361 e. The van der Waals surface area contributed by atoms with E-state index in [2.05, 4.69) is 15.5 Å². The zero-order valence-corrected chi connectivity index (χ0v) is 15.1. The molecule has 0 bridgehead atoms. The van der Waals surface area contributed by atoms with Crippen LogP contribution < -0.4 is 5.32 Å². The highest BCUT2D eigenvalue weighted by Crippen LogP contribution is 2.20. The average Bonchev–Trinajstić information content (AvgIpc) is 2.86. The van der Waals surface area contributed by atoms with E-state index in [-0.39, 0.29) is 5.82 Å². The van der Waals surface area contributed by atoms with Gasteiger partial charge in [-0.05, 0) is 32.4 Å². The lowest BCUT2D eigenvalue weighted by molar-refractivity contribution is 0.392. The second kappa shape index (κ2) is 8.15. The summed E-state index contributed by atoms with van der Waals surface area (Å²) >= 11 is 6.08. The van der Waals surface area contributed by atoms with Crippen molar-refractivity contribution in [1.29, 1.82) is 0 Å². The maximum Gasteiger partial charge on any atom is 0.193 e. The molecule has 1 N–H and O–H groups in total. The molecule has 2 rings (SSSR count). The predicted octanol–water partition coefficient (Wildman–Crippen LogP) is 3.33. The quantitative estimate of drug-likeness (QED) is 0.662. The third-order valence-electron chi connectivity index (χ3n) is 3.87. The molecule has 0 amide bonds. The monoisotopic (exact) mass is 352 g/mol. The maximum absolute atomic E-state index is 13.9. The van der Waals surface area contributed by atoms with Crippen molar-refractivity contribution in [3.63, 3.8) is 0 Å². The van der Waals surface area contributed by atoms with Gasteiger partial charge in [-0.1, -0.05) is 22.8 Å². The Hall–Kier alpha value is -2.08. The lowest BCUT2D eigenvalue weighted by Gasteiger charge is -2.23. The number of hydrogen-bond acceptors (Lipinski definition) is 3. The van der Waals surface area contributed by atoms with Gasteiger partial charge >= 0.3 is 0 Å². The Kier molecular flexibility index (Phi) is 6.20. The summed E-state index contributed by atoms with van der Waals surface area (Å²) in [4.78, 5) is 6.07. The Labute approximate surface area is 146 Å². The molecule has 0 fully saturated rings. The highest BCUT2D eigenvalue weighted by atomic mass is 35.5. The molecule has 0 saturated carbocycles. The van der Waals surface area contributed by atoms with Crippen LogP contribution in [0.3, 0.4) is 0 Å². The van der Waals surface area contributed by atoms with Gasteiger partial charge in [0, 0.05) is 43.3 Å². The highest BCUT2D eigenvalue weighted by Gasteiger charge is 2.13. The van der Waals surface area contributed by atoms with Crippen LogP contribution in [0.25, 0.3) is 0 Å². The van der Waals surface area contributed by atoms with E-state index in [1.165, 1.54) is 6.07 Å². The van der Waals surface area contributed by atoms with Crippen LogP contribution >= 0.6 is 11.6 Å². The number of guanidine groups is 1. The summed E-state index contributed by atoms with van der Waals surface area (Å²) in [7, 11) is 3.53.